The van der Waals surface area contributed by atoms with Crippen molar-refractivity contribution < 1.29 is 5.11 Å². The van der Waals surface area contributed by atoms with Crippen LogP contribution in [-0.4, -0.2) is 17.7 Å². The first-order valence-corrected chi connectivity index (χ1v) is 6.28. The van der Waals surface area contributed by atoms with E-state index in [0.29, 0.717) is 6.04 Å². The Labute approximate surface area is 103 Å². The fourth-order valence-corrected chi connectivity index (χ4v) is 2.43. The van der Waals surface area contributed by atoms with Crippen LogP contribution in [0.3, 0.4) is 0 Å². The molecular formula is C14H22N2O. The Morgan fingerprint density at radius 2 is 2.12 bits per heavy atom. The van der Waals surface area contributed by atoms with Crippen LogP contribution in [0.15, 0.2) is 12.1 Å². The molecule has 0 spiro atoms. The summed E-state index contributed by atoms with van der Waals surface area (Å²) in [5.41, 5.74) is 3.65. The van der Waals surface area contributed by atoms with Crippen molar-refractivity contribution >= 4 is 11.4 Å². The minimum Gasteiger partial charge on any atom is -0.385 e. The molecule has 1 aliphatic heterocycles. The molecule has 0 aromatic heterocycles. The van der Waals surface area contributed by atoms with Gasteiger partial charge in [-0.1, -0.05) is 0 Å². The summed E-state index contributed by atoms with van der Waals surface area (Å²) in [5, 5.41) is 17.2. The van der Waals surface area contributed by atoms with E-state index in [1.807, 2.05) is 6.92 Å². The van der Waals surface area contributed by atoms with E-state index in [2.05, 4.69) is 43.5 Å². The van der Waals surface area contributed by atoms with Crippen LogP contribution in [0.1, 0.15) is 38.3 Å². The zero-order valence-corrected chi connectivity index (χ0v) is 11.1. The van der Waals surface area contributed by atoms with E-state index in [1.54, 1.807) is 0 Å². The van der Waals surface area contributed by atoms with Gasteiger partial charge in [0.25, 0.3) is 0 Å². The largest absolute Gasteiger partial charge is 0.385 e. The van der Waals surface area contributed by atoms with Gasteiger partial charge in [0.05, 0.1) is 5.60 Å². The van der Waals surface area contributed by atoms with Gasteiger partial charge in [-0.2, -0.15) is 0 Å². The molecule has 1 heterocycles. The maximum atomic E-state index is 10.4. The molecule has 94 valence electrons. The maximum Gasteiger partial charge on any atom is 0.0906 e. The lowest BCUT2D eigenvalue weighted by atomic mass is 9.86. The van der Waals surface area contributed by atoms with E-state index in [0.717, 1.165) is 29.9 Å². The second-order valence-corrected chi connectivity index (χ2v) is 5.47. The average molecular weight is 234 g/mol. The Balaban J connectivity index is 2.46. The van der Waals surface area contributed by atoms with E-state index in [4.69, 9.17) is 0 Å². The lowest BCUT2D eigenvalue weighted by molar-refractivity contribution is 0.0488. The molecule has 0 saturated carbocycles. The third kappa shape index (κ3) is 2.39. The molecule has 3 N–H and O–H groups in total. The molecule has 0 fully saturated rings. The molecule has 0 saturated heterocycles. The predicted molar refractivity (Wildman–Crippen MR) is 72.6 cm³/mol. The van der Waals surface area contributed by atoms with Crippen molar-refractivity contribution in [3.63, 3.8) is 0 Å². The molecule has 1 aromatic rings. The van der Waals surface area contributed by atoms with Crippen LogP contribution in [0, 0.1) is 6.92 Å². The average Bonchev–Trinajstić information content (AvgIpc) is 2.18. The highest BCUT2D eigenvalue weighted by Crippen LogP contribution is 2.38. The van der Waals surface area contributed by atoms with Crippen LogP contribution >= 0.6 is 0 Å². The first kappa shape index (κ1) is 12.2. The molecule has 2 rings (SSSR count). The SMILES string of the molecule is Cc1cc(NC(C)C)cc2c1NCCC2(C)O. The van der Waals surface area contributed by atoms with Gasteiger partial charge in [-0.25, -0.2) is 0 Å². The second-order valence-electron chi connectivity index (χ2n) is 5.47. The standard InChI is InChI=1S/C14H22N2O/c1-9(2)16-11-7-10(3)13-12(8-11)14(4,17)5-6-15-13/h7-9,15-17H,5-6H2,1-4H3. The minimum atomic E-state index is -0.722. The van der Waals surface area contributed by atoms with Gasteiger partial charge in [-0.15, -0.1) is 0 Å². The number of benzene rings is 1. The van der Waals surface area contributed by atoms with Gasteiger partial charge in [0.15, 0.2) is 0 Å². The quantitative estimate of drug-likeness (QED) is 0.737. The molecule has 0 bridgehead atoms. The highest BCUT2D eigenvalue weighted by Gasteiger charge is 2.30. The second kappa shape index (κ2) is 4.22. The third-order valence-corrected chi connectivity index (χ3v) is 3.28. The summed E-state index contributed by atoms with van der Waals surface area (Å²) in [5.74, 6) is 0. The summed E-state index contributed by atoms with van der Waals surface area (Å²) < 4.78 is 0. The summed E-state index contributed by atoms with van der Waals surface area (Å²) in [6, 6.07) is 4.59. The Morgan fingerprint density at radius 1 is 1.41 bits per heavy atom. The van der Waals surface area contributed by atoms with Crippen molar-refractivity contribution in [2.45, 2.75) is 45.8 Å². The van der Waals surface area contributed by atoms with Crippen molar-refractivity contribution in [1.29, 1.82) is 0 Å². The summed E-state index contributed by atoms with van der Waals surface area (Å²) in [6.45, 7) is 9.04. The molecule has 0 radical (unpaired) electrons. The Hall–Kier alpha value is -1.22. The van der Waals surface area contributed by atoms with Crippen LogP contribution in [0.2, 0.25) is 0 Å². The van der Waals surface area contributed by atoms with Crippen LogP contribution in [-0.2, 0) is 5.60 Å². The number of hydrogen-bond acceptors (Lipinski definition) is 3. The highest BCUT2D eigenvalue weighted by atomic mass is 16.3. The summed E-state index contributed by atoms with van der Waals surface area (Å²) in [4.78, 5) is 0. The van der Waals surface area contributed by atoms with Crippen LogP contribution in [0.25, 0.3) is 0 Å². The third-order valence-electron chi connectivity index (χ3n) is 3.28. The summed E-state index contributed by atoms with van der Waals surface area (Å²) in [7, 11) is 0. The normalized spacial score (nSPS) is 23.2. The molecule has 0 aliphatic carbocycles. The topological polar surface area (TPSA) is 44.3 Å². The van der Waals surface area contributed by atoms with E-state index in [9.17, 15) is 5.11 Å². The number of anilines is 2. The molecule has 1 atom stereocenters. The summed E-state index contributed by atoms with van der Waals surface area (Å²) >= 11 is 0. The maximum absolute atomic E-state index is 10.4. The van der Waals surface area contributed by atoms with Gasteiger partial charge in [0.1, 0.15) is 0 Å². The van der Waals surface area contributed by atoms with Crippen LogP contribution < -0.4 is 10.6 Å². The molecule has 1 unspecified atom stereocenters. The number of rotatable bonds is 2. The molecule has 1 aliphatic rings. The fourth-order valence-electron chi connectivity index (χ4n) is 2.43. The molecular weight excluding hydrogens is 212 g/mol. The smallest absolute Gasteiger partial charge is 0.0906 e. The van der Waals surface area contributed by atoms with Crippen molar-refractivity contribution in [3.05, 3.63) is 23.3 Å². The summed E-state index contributed by atoms with van der Waals surface area (Å²) in [6.07, 6.45) is 0.755. The van der Waals surface area contributed by atoms with Gasteiger partial charge in [0, 0.05) is 29.5 Å². The lowest BCUT2D eigenvalue weighted by Crippen LogP contribution is -2.31. The van der Waals surface area contributed by atoms with Crippen molar-refractivity contribution in [2.24, 2.45) is 0 Å². The predicted octanol–water partition coefficient (Wildman–Crippen LogP) is 2.84. The van der Waals surface area contributed by atoms with Crippen LogP contribution in [0.5, 0.6) is 0 Å². The monoisotopic (exact) mass is 234 g/mol. The molecule has 3 nitrogen and oxygen atoms in total. The van der Waals surface area contributed by atoms with Gasteiger partial charge < -0.3 is 15.7 Å². The van der Waals surface area contributed by atoms with E-state index >= 15 is 0 Å². The minimum absolute atomic E-state index is 0.397. The van der Waals surface area contributed by atoms with Gasteiger partial charge in [0.2, 0.25) is 0 Å². The van der Waals surface area contributed by atoms with Gasteiger partial charge in [-0.05, 0) is 51.8 Å². The molecule has 17 heavy (non-hydrogen) atoms. The van der Waals surface area contributed by atoms with Crippen molar-refractivity contribution in [3.8, 4) is 0 Å². The van der Waals surface area contributed by atoms with Gasteiger partial charge in [-0.3, -0.25) is 0 Å². The number of aliphatic hydroxyl groups is 1. The van der Waals surface area contributed by atoms with Crippen molar-refractivity contribution in [2.75, 3.05) is 17.2 Å². The molecule has 0 amide bonds. The van der Waals surface area contributed by atoms with E-state index in [-0.39, 0.29) is 0 Å². The van der Waals surface area contributed by atoms with Crippen molar-refractivity contribution in [1.82, 2.24) is 0 Å². The number of nitrogens with one attached hydrogen (secondary N) is 2. The highest BCUT2D eigenvalue weighted by molar-refractivity contribution is 5.67. The fraction of sp³-hybridized carbons (Fsp3) is 0.571. The zero-order valence-electron chi connectivity index (χ0n) is 11.1. The first-order valence-electron chi connectivity index (χ1n) is 6.28. The number of aryl methyl sites for hydroxylation is 1. The lowest BCUT2D eigenvalue weighted by Gasteiger charge is -2.33. The zero-order chi connectivity index (χ0) is 12.6. The molecule has 1 aromatic carbocycles. The van der Waals surface area contributed by atoms with Gasteiger partial charge >= 0.3 is 0 Å². The van der Waals surface area contributed by atoms with E-state index < -0.39 is 5.60 Å². The molecule has 3 heteroatoms. The van der Waals surface area contributed by atoms with Crippen LogP contribution in [0.4, 0.5) is 11.4 Å². The first-order chi connectivity index (χ1) is 7.90. The number of hydrogen-bond donors (Lipinski definition) is 3. The number of fused-ring (bicyclic) bond motifs is 1. The van der Waals surface area contributed by atoms with E-state index in [1.165, 1.54) is 5.56 Å². The Morgan fingerprint density at radius 3 is 2.76 bits per heavy atom. The Bertz CT molecular complexity index is 424. The Kier molecular flexibility index (Phi) is 3.04.